The molecule has 3 aromatic heterocycles. The number of H-pyrrole nitrogens is 1. The number of nitrogens with one attached hydrogen (secondary N) is 1. The Morgan fingerprint density at radius 1 is 1.15 bits per heavy atom. The first kappa shape index (κ1) is 23.8. The van der Waals surface area contributed by atoms with Crippen molar-refractivity contribution in [1.82, 2.24) is 35.1 Å². The molecule has 1 unspecified atom stereocenters. The summed E-state index contributed by atoms with van der Waals surface area (Å²) in [6, 6.07) is 12.0. The zero-order valence-corrected chi connectivity index (χ0v) is 20.6. The van der Waals surface area contributed by atoms with E-state index in [0.717, 1.165) is 40.7 Å². The molecule has 0 aliphatic carbocycles. The number of aromatic amines is 1. The highest BCUT2D eigenvalue weighted by molar-refractivity contribution is 5.81. The number of pyridine rings is 2. The summed E-state index contributed by atoms with van der Waals surface area (Å²) in [5.41, 5.74) is 3.44. The quantitative estimate of drug-likeness (QED) is 0.396. The van der Waals surface area contributed by atoms with E-state index in [2.05, 4.69) is 64.2 Å². The van der Waals surface area contributed by atoms with Crippen LogP contribution in [0.1, 0.15) is 69.1 Å². The Bertz CT molecular complexity index is 1310. The topological polar surface area (TPSA) is 92.6 Å². The minimum atomic E-state index is -0.218. The van der Waals surface area contributed by atoms with Gasteiger partial charge in [0.25, 0.3) is 5.56 Å². The molecule has 0 aliphatic rings. The van der Waals surface area contributed by atoms with E-state index in [9.17, 15) is 4.79 Å². The fourth-order valence-electron chi connectivity index (χ4n) is 4.35. The Morgan fingerprint density at radius 3 is 2.68 bits per heavy atom. The summed E-state index contributed by atoms with van der Waals surface area (Å²) in [5, 5.41) is 13.8. The van der Waals surface area contributed by atoms with Gasteiger partial charge in [0.1, 0.15) is 0 Å². The molecule has 3 heterocycles. The van der Waals surface area contributed by atoms with Gasteiger partial charge in [-0.15, -0.1) is 5.10 Å². The third-order valence-corrected chi connectivity index (χ3v) is 6.70. The van der Waals surface area contributed by atoms with Gasteiger partial charge in [-0.2, -0.15) is 0 Å². The average molecular weight is 460 g/mol. The molecule has 4 rings (SSSR count). The summed E-state index contributed by atoms with van der Waals surface area (Å²) >= 11 is 0. The van der Waals surface area contributed by atoms with E-state index in [0.29, 0.717) is 18.7 Å². The van der Waals surface area contributed by atoms with Gasteiger partial charge in [0.15, 0.2) is 5.82 Å². The summed E-state index contributed by atoms with van der Waals surface area (Å²) < 4.78 is 1.94. The molecule has 0 bridgehead atoms. The second kappa shape index (κ2) is 9.85. The Labute approximate surface area is 200 Å². The fourth-order valence-corrected chi connectivity index (χ4v) is 4.35. The number of rotatable bonds is 9. The molecule has 0 radical (unpaired) electrons. The molecule has 1 aromatic carbocycles. The highest BCUT2D eigenvalue weighted by Crippen LogP contribution is 2.30. The van der Waals surface area contributed by atoms with Gasteiger partial charge in [0.05, 0.1) is 17.1 Å². The lowest BCUT2D eigenvalue weighted by Crippen LogP contribution is -2.36. The van der Waals surface area contributed by atoms with E-state index in [-0.39, 0.29) is 17.1 Å². The number of hydrogen-bond donors (Lipinski definition) is 1. The van der Waals surface area contributed by atoms with Crippen molar-refractivity contribution in [1.29, 1.82) is 0 Å². The lowest BCUT2D eigenvalue weighted by atomic mass is 10.0. The van der Waals surface area contributed by atoms with Gasteiger partial charge in [-0.3, -0.25) is 14.7 Å². The van der Waals surface area contributed by atoms with Crippen molar-refractivity contribution in [2.45, 2.75) is 72.1 Å². The number of tetrazole rings is 1. The molecule has 0 spiro atoms. The van der Waals surface area contributed by atoms with Gasteiger partial charge in [-0.05, 0) is 72.7 Å². The molecule has 1 atom stereocenters. The van der Waals surface area contributed by atoms with Crippen LogP contribution in [0.4, 0.5) is 0 Å². The van der Waals surface area contributed by atoms with Crippen LogP contribution in [0, 0.1) is 6.92 Å². The number of aromatic nitrogens is 6. The van der Waals surface area contributed by atoms with Crippen LogP contribution in [0.25, 0.3) is 10.9 Å². The molecular weight excluding hydrogens is 426 g/mol. The summed E-state index contributed by atoms with van der Waals surface area (Å²) in [6.07, 6.45) is 5.33. The van der Waals surface area contributed by atoms with E-state index in [1.165, 1.54) is 0 Å². The summed E-state index contributed by atoms with van der Waals surface area (Å²) in [6.45, 7) is 11.6. The summed E-state index contributed by atoms with van der Waals surface area (Å²) in [4.78, 5) is 22.8. The third-order valence-electron chi connectivity index (χ3n) is 6.70. The van der Waals surface area contributed by atoms with Crippen molar-refractivity contribution < 1.29 is 0 Å². The van der Waals surface area contributed by atoms with Gasteiger partial charge < -0.3 is 4.98 Å². The molecule has 0 amide bonds. The lowest BCUT2D eigenvalue weighted by molar-refractivity contribution is 0.150. The summed E-state index contributed by atoms with van der Waals surface area (Å²) in [5.74, 6) is 0.811. The third kappa shape index (κ3) is 4.77. The molecule has 4 aromatic rings. The number of para-hydroxylation sites is 1. The zero-order valence-electron chi connectivity index (χ0n) is 20.6. The SMILES string of the molecule is CCC(c1nnnn1C(C)(C)CC)N(Cc1cccnc1)Cc1cc2cccc(C)c2[nH]c1=O. The molecule has 34 heavy (non-hydrogen) atoms. The van der Waals surface area contributed by atoms with E-state index in [4.69, 9.17) is 0 Å². The van der Waals surface area contributed by atoms with E-state index < -0.39 is 0 Å². The minimum absolute atomic E-state index is 0.0682. The number of nitrogens with zero attached hydrogens (tertiary/aromatic N) is 6. The highest BCUT2D eigenvalue weighted by atomic mass is 16.1. The van der Waals surface area contributed by atoms with Crippen molar-refractivity contribution in [3.63, 3.8) is 0 Å². The molecule has 8 heteroatoms. The Balaban J connectivity index is 1.77. The molecular formula is C26H33N7O. The fraction of sp³-hybridized carbons (Fsp3) is 0.423. The maximum atomic E-state index is 13.1. The van der Waals surface area contributed by atoms with Crippen LogP contribution in [0.5, 0.6) is 0 Å². The van der Waals surface area contributed by atoms with Crippen molar-refractivity contribution in [3.05, 3.63) is 81.7 Å². The van der Waals surface area contributed by atoms with Gasteiger partial charge in [0, 0.05) is 31.0 Å². The molecule has 8 nitrogen and oxygen atoms in total. The zero-order chi connectivity index (χ0) is 24.3. The first-order chi connectivity index (χ1) is 16.3. The first-order valence-corrected chi connectivity index (χ1v) is 11.9. The smallest absolute Gasteiger partial charge is 0.252 e. The second-order valence-electron chi connectivity index (χ2n) is 9.47. The predicted molar refractivity (Wildman–Crippen MR) is 133 cm³/mol. The highest BCUT2D eigenvalue weighted by Gasteiger charge is 2.31. The summed E-state index contributed by atoms with van der Waals surface area (Å²) in [7, 11) is 0. The van der Waals surface area contributed by atoms with Crippen LogP contribution in [-0.2, 0) is 18.6 Å². The normalized spacial score (nSPS) is 13.0. The largest absolute Gasteiger partial charge is 0.321 e. The number of aryl methyl sites for hydroxylation is 1. The van der Waals surface area contributed by atoms with Gasteiger partial charge in [-0.1, -0.05) is 38.1 Å². The molecule has 0 saturated heterocycles. The van der Waals surface area contributed by atoms with Gasteiger partial charge in [0.2, 0.25) is 0 Å². The minimum Gasteiger partial charge on any atom is -0.321 e. The monoisotopic (exact) mass is 459 g/mol. The first-order valence-electron chi connectivity index (χ1n) is 11.9. The van der Waals surface area contributed by atoms with E-state index in [1.807, 2.05) is 48.1 Å². The predicted octanol–water partition coefficient (Wildman–Crippen LogP) is 4.52. The number of benzene rings is 1. The molecule has 1 N–H and O–H groups in total. The van der Waals surface area contributed by atoms with Crippen LogP contribution in [0.2, 0.25) is 0 Å². The molecule has 178 valence electrons. The Kier molecular flexibility index (Phi) is 6.88. The van der Waals surface area contributed by atoms with Crippen LogP contribution in [0.3, 0.4) is 0 Å². The second-order valence-corrected chi connectivity index (χ2v) is 9.47. The maximum Gasteiger partial charge on any atom is 0.252 e. The Hall–Kier alpha value is -3.39. The van der Waals surface area contributed by atoms with Crippen molar-refractivity contribution in [3.8, 4) is 0 Å². The van der Waals surface area contributed by atoms with Gasteiger partial charge >= 0.3 is 0 Å². The molecule has 0 saturated carbocycles. The van der Waals surface area contributed by atoms with E-state index >= 15 is 0 Å². The molecule has 0 fully saturated rings. The molecule has 0 aliphatic heterocycles. The van der Waals surface area contributed by atoms with Crippen molar-refractivity contribution in [2.24, 2.45) is 0 Å². The van der Waals surface area contributed by atoms with Crippen LogP contribution in [0.15, 0.2) is 53.6 Å². The van der Waals surface area contributed by atoms with Crippen LogP contribution < -0.4 is 5.56 Å². The van der Waals surface area contributed by atoms with Gasteiger partial charge in [-0.25, -0.2) is 4.68 Å². The average Bonchev–Trinajstić information content (AvgIpc) is 3.32. The van der Waals surface area contributed by atoms with E-state index in [1.54, 1.807) is 6.20 Å². The van der Waals surface area contributed by atoms with Crippen molar-refractivity contribution >= 4 is 10.9 Å². The maximum absolute atomic E-state index is 13.1. The van der Waals surface area contributed by atoms with Crippen LogP contribution in [-0.4, -0.2) is 35.1 Å². The Morgan fingerprint density at radius 2 is 1.97 bits per heavy atom. The standard InChI is InChI=1S/C26H33N7O/c1-6-22(24-29-30-31-33(24)26(4,5)7-2)32(16-19-11-9-13-27-15-19)17-21-14-20-12-8-10-18(3)23(20)28-25(21)34/h8-15,22H,6-7,16-17H2,1-5H3,(H,28,34). The number of fused-ring (bicyclic) bond motifs is 1. The van der Waals surface area contributed by atoms with Crippen LogP contribution >= 0.6 is 0 Å². The number of hydrogen-bond acceptors (Lipinski definition) is 6. The van der Waals surface area contributed by atoms with Crippen molar-refractivity contribution in [2.75, 3.05) is 0 Å². The lowest BCUT2D eigenvalue weighted by Gasteiger charge is -2.33.